The van der Waals surface area contributed by atoms with Gasteiger partial charge in [0, 0.05) is 11.4 Å². The summed E-state index contributed by atoms with van der Waals surface area (Å²) in [5.74, 6) is 0.590. The van der Waals surface area contributed by atoms with Crippen LogP contribution in [0.5, 0.6) is 5.75 Å². The summed E-state index contributed by atoms with van der Waals surface area (Å²) in [7, 11) is -3.63. The zero-order valence-electron chi connectivity index (χ0n) is 14.0. The minimum atomic E-state index is -3.63. The first-order chi connectivity index (χ1) is 12.5. The van der Waals surface area contributed by atoms with E-state index in [0.29, 0.717) is 22.1 Å². The lowest BCUT2D eigenvalue weighted by Gasteiger charge is -2.07. The molecule has 8 heteroatoms. The van der Waals surface area contributed by atoms with Crippen molar-refractivity contribution >= 4 is 38.5 Å². The van der Waals surface area contributed by atoms with Gasteiger partial charge in [-0.05, 0) is 54.8 Å². The Morgan fingerprint density at radius 2 is 1.85 bits per heavy atom. The molecule has 2 aromatic heterocycles. The van der Waals surface area contributed by atoms with Gasteiger partial charge in [0.05, 0.1) is 21.3 Å². The van der Waals surface area contributed by atoms with E-state index >= 15 is 0 Å². The largest absolute Gasteiger partial charge is 0.494 e. The molecule has 0 aliphatic carbocycles. The topological polar surface area (TPSA) is 72.5 Å². The Bertz CT molecular complexity index is 974. The van der Waals surface area contributed by atoms with E-state index in [4.69, 9.17) is 4.74 Å². The number of ketones is 1. The molecule has 1 N–H and O–H groups in total. The number of rotatable bonds is 8. The van der Waals surface area contributed by atoms with Crippen molar-refractivity contribution in [3.05, 3.63) is 68.5 Å². The van der Waals surface area contributed by atoms with Crippen LogP contribution in [0.4, 0.5) is 0 Å². The second kappa shape index (κ2) is 8.13. The summed E-state index contributed by atoms with van der Waals surface area (Å²) in [6.45, 7) is 2.53. The maximum atomic E-state index is 12.4. The molecule has 0 amide bonds. The van der Waals surface area contributed by atoms with E-state index in [1.54, 1.807) is 30.3 Å². The lowest BCUT2D eigenvalue weighted by molar-refractivity contribution is 0.104. The maximum absolute atomic E-state index is 12.4. The lowest BCUT2D eigenvalue weighted by atomic mass is 10.3. The molecular formula is C18H17NO4S3. The Labute approximate surface area is 160 Å². The highest BCUT2D eigenvalue weighted by atomic mass is 32.2. The number of hydrogen-bond donors (Lipinski definition) is 1. The molecule has 2 heterocycles. The average molecular weight is 408 g/mol. The molecular weight excluding hydrogens is 390 g/mol. The van der Waals surface area contributed by atoms with Gasteiger partial charge >= 0.3 is 0 Å². The zero-order valence-corrected chi connectivity index (χ0v) is 16.4. The summed E-state index contributed by atoms with van der Waals surface area (Å²) >= 11 is 2.68. The van der Waals surface area contributed by atoms with Gasteiger partial charge in [-0.1, -0.05) is 6.07 Å². The average Bonchev–Trinajstić information content (AvgIpc) is 3.32. The number of carbonyl (C=O) groups is 1. The third-order valence-corrected chi connectivity index (χ3v) is 6.88. The first-order valence-electron chi connectivity index (χ1n) is 7.89. The zero-order chi connectivity index (χ0) is 18.6. The van der Waals surface area contributed by atoms with E-state index in [1.165, 1.54) is 34.8 Å². The molecule has 0 aliphatic heterocycles. The molecule has 0 fully saturated rings. The highest BCUT2D eigenvalue weighted by molar-refractivity contribution is 7.89. The quantitative estimate of drug-likeness (QED) is 0.575. The standard InChI is InChI=1S/C18H17NO4S3/c1-2-23-13-5-8-15(9-6-13)26(21,22)19-12-14-7-10-17(25-14)18(20)16-4-3-11-24-16/h3-11,19H,2,12H2,1H3. The van der Waals surface area contributed by atoms with E-state index in [1.807, 2.05) is 18.4 Å². The summed E-state index contributed by atoms with van der Waals surface area (Å²) < 4.78 is 32.7. The van der Waals surface area contributed by atoms with Gasteiger partial charge in [0.1, 0.15) is 5.75 Å². The Morgan fingerprint density at radius 3 is 2.50 bits per heavy atom. The number of benzene rings is 1. The molecule has 136 valence electrons. The smallest absolute Gasteiger partial charge is 0.240 e. The van der Waals surface area contributed by atoms with Gasteiger partial charge in [-0.25, -0.2) is 13.1 Å². The predicted molar refractivity (Wildman–Crippen MR) is 104 cm³/mol. The molecule has 1 aromatic carbocycles. The number of hydrogen-bond acceptors (Lipinski definition) is 6. The first-order valence-corrected chi connectivity index (χ1v) is 11.1. The second-order valence-corrected chi connectivity index (χ2v) is 9.18. The van der Waals surface area contributed by atoms with Gasteiger partial charge in [0.25, 0.3) is 0 Å². The van der Waals surface area contributed by atoms with E-state index in [9.17, 15) is 13.2 Å². The minimum absolute atomic E-state index is 0.0365. The number of ether oxygens (including phenoxy) is 1. The van der Waals surface area contributed by atoms with Gasteiger partial charge in [-0.15, -0.1) is 22.7 Å². The Balaban J connectivity index is 1.65. The van der Waals surface area contributed by atoms with Crippen molar-refractivity contribution in [2.24, 2.45) is 0 Å². The van der Waals surface area contributed by atoms with Crippen LogP contribution in [-0.2, 0) is 16.6 Å². The summed E-state index contributed by atoms with van der Waals surface area (Å²) in [5.41, 5.74) is 0. The third kappa shape index (κ3) is 4.39. The van der Waals surface area contributed by atoms with E-state index < -0.39 is 10.0 Å². The molecule has 0 atom stereocenters. The summed E-state index contributed by atoms with van der Waals surface area (Å²) in [4.78, 5) is 14.5. The van der Waals surface area contributed by atoms with Crippen molar-refractivity contribution in [3.63, 3.8) is 0 Å². The summed E-state index contributed by atoms with van der Waals surface area (Å²) in [5, 5.41) is 1.85. The minimum Gasteiger partial charge on any atom is -0.494 e. The highest BCUT2D eigenvalue weighted by Crippen LogP contribution is 2.23. The Hall–Kier alpha value is -2.00. The predicted octanol–water partition coefficient (Wildman–Crippen LogP) is 3.92. The van der Waals surface area contributed by atoms with Crippen molar-refractivity contribution in [2.75, 3.05) is 6.61 Å². The van der Waals surface area contributed by atoms with Gasteiger partial charge in [-0.2, -0.15) is 0 Å². The SMILES string of the molecule is CCOc1ccc(S(=O)(=O)NCc2ccc(C(=O)c3cccs3)s2)cc1. The fraction of sp³-hybridized carbons (Fsp3) is 0.167. The molecule has 5 nitrogen and oxygen atoms in total. The van der Waals surface area contributed by atoms with Crippen LogP contribution in [0.2, 0.25) is 0 Å². The number of thiophene rings is 2. The molecule has 0 spiro atoms. The number of carbonyl (C=O) groups excluding carboxylic acids is 1. The molecule has 0 aliphatic rings. The Kier molecular flexibility index (Phi) is 5.87. The number of nitrogens with one attached hydrogen (secondary N) is 1. The van der Waals surface area contributed by atoms with E-state index in [2.05, 4.69) is 4.72 Å². The third-order valence-electron chi connectivity index (χ3n) is 3.51. The van der Waals surface area contributed by atoms with Crippen molar-refractivity contribution in [3.8, 4) is 5.75 Å². The number of sulfonamides is 1. The molecule has 3 rings (SSSR count). The van der Waals surface area contributed by atoms with Crippen LogP contribution in [0.1, 0.15) is 26.3 Å². The fourth-order valence-electron chi connectivity index (χ4n) is 2.26. The molecule has 0 saturated heterocycles. The molecule has 26 heavy (non-hydrogen) atoms. The van der Waals surface area contributed by atoms with Crippen LogP contribution in [0, 0.1) is 0 Å². The van der Waals surface area contributed by atoms with Crippen LogP contribution in [0.15, 0.2) is 58.8 Å². The van der Waals surface area contributed by atoms with Crippen molar-refractivity contribution in [2.45, 2.75) is 18.4 Å². The van der Waals surface area contributed by atoms with E-state index in [-0.39, 0.29) is 17.2 Å². The maximum Gasteiger partial charge on any atom is 0.240 e. The van der Waals surface area contributed by atoms with Crippen LogP contribution in [-0.4, -0.2) is 20.8 Å². The molecule has 0 unspecified atom stereocenters. The van der Waals surface area contributed by atoms with Crippen LogP contribution >= 0.6 is 22.7 Å². The van der Waals surface area contributed by atoms with E-state index in [0.717, 1.165) is 4.88 Å². The second-order valence-electron chi connectivity index (χ2n) is 5.30. The summed E-state index contributed by atoms with van der Waals surface area (Å²) in [6, 6.07) is 13.4. The van der Waals surface area contributed by atoms with Gasteiger partial charge in [0.2, 0.25) is 15.8 Å². The van der Waals surface area contributed by atoms with Crippen molar-refractivity contribution in [1.82, 2.24) is 4.72 Å². The molecule has 0 bridgehead atoms. The molecule has 3 aromatic rings. The van der Waals surface area contributed by atoms with Gasteiger partial charge in [-0.3, -0.25) is 4.79 Å². The monoisotopic (exact) mass is 407 g/mol. The first kappa shape index (κ1) is 18.8. The Morgan fingerprint density at radius 1 is 1.08 bits per heavy atom. The van der Waals surface area contributed by atoms with Crippen molar-refractivity contribution < 1.29 is 17.9 Å². The van der Waals surface area contributed by atoms with Crippen molar-refractivity contribution in [1.29, 1.82) is 0 Å². The normalized spacial score (nSPS) is 11.4. The lowest BCUT2D eigenvalue weighted by Crippen LogP contribution is -2.22. The fourth-order valence-corrected chi connectivity index (χ4v) is 5.00. The molecule has 0 radical (unpaired) electrons. The molecule has 0 saturated carbocycles. The summed E-state index contributed by atoms with van der Waals surface area (Å²) in [6.07, 6.45) is 0. The highest BCUT2D eigenvalue weighted by Gasteiger charge is 2.16. The van der Waals surface area contributed by atoms with Crippen LogP contribution in [0.3, 0.4) is 0 Å². The van der Waals surface area contributed by atoms with Crippen LogP contribution < -0.4 is 9.46 Å². The van der Waals surface area contributed by atoms with Gasteiger partial charge in [0.15, 0.2) is 0 Å². The van der Waals surface area contributed by atoms with Gasteiger partial charge < -0.3 is 4.74 Å². The van der Waals surface area contributed by atoms with Crippen LogP contribution in [0.25, 0.3) is 0 Å².